The van der Waals surface area contributed by atoms with E-state index in [9.17, 15) is 14.0 Å². The third kappa shape index (κ3) is 6.47. The summed E-state index contributed by atoms with van der Waals surface area (Å²) >= 11 is 7.41. The van der Waals surface area contributed by atoms with Crippen molar-refractivity contribution in [2.75, 3.05) is 13.2 Å². The molecule has 0 radical (unpaired) electrons. The zero-order chi connectivity index (χ0) is 25.5. The molecule has 3 aromatic carbocycles. The maximum atomic E-state index is 13.5. The zero-order valence-electron chi connectivity index (χ0n) is 19.7. The van der Waals surface area contributed by atoms with E-state index in [-0.39, 0.29) is 28.6 Å². The molecule has 4 rings (SSSR count). The molecular weight excluding hydrogens is 501 g/mol. The third-order valence-electron chi connectivity index (χ3n) is 5.47. The fourth-order valence-corrected chi connectivity index (χ4v) is 4.93. The summed E-state index contributed by atoms with van der Waals surface area (Å²) in [5.41, 5.74) is 2.42. The van der Waals surface area contributed by atoms with E-state index in [4.69, 9.17) is 21.1 Å². The number of rotatable bonds is 10. The first-order valence-electron chi connectivity index (χ1n) is 11.6. The fourth-order valence-electron chi connectivity index (χ4n) is 3.79. The van der Waals surface area contributed by atoms with Crippen LogP contribution in [0.25, 0.3) is 6.08 Å². The van der Waals surface area contributed by atoms with Gasteiger partial charge in [0.1, 0.15) is 12.4 Å². The Bertz CT molecular complexity index is 1280. The Morgan fingerprint density at radius 2 is 1.78 bits per heavy atom. The molecule has 0 N–H and O–H groups in total. The molecule has 0 unspecified atom stereocenters. The molecule has 1 aliphatic heterocycles. The average molecular weight is 526 g/mol. The summed E-state index contributed by atoms with van der Waals surface area (Å²) in [7, 11) is 0. The number of carbonyl (C=O) groups excluding carboxylic acids is 2. The van der Waals surface area contributed by atoms with Crippen LogP contribution in [0.1, 0.15) is 30.0 Å². The SMILES string of the molecule is CCOc1cc(/C=C2/SC(=O)N(CCCc3ccccc3)C2=O)cc(Cl)c1OCc1cccc(F)c1. The minimum absolute atomic E-state index is 0.110. The number of imide groups is 1. The van der Waals surface area contributed by atoms with Crippen LogP contribution >= 0.6 is 23.4 Å². The van der Waals surface area contributed by atoms with E-state index in [0.29, 0.717) is 47.1 Å². The minimum Gasteiger partial charge on any atom is -0.490 e. The van der Waals surface area contributed by atoms with Gasteiger partial charge in [0.25, 0.3) is 11.1 Å². The molecule has 36 heavy (non-hydrogen) atoms. The Kier molecular flexibility index (Phi) is 8.67. The molecule has 0 saturated carbocycles. The monoisotopic (exact) mass is 525 g/mol. The van der Waals surface area contributed by atoms with Crippen molar-refractivity contribution in [1.29, 1.82) is 0 Å². The second kappa shape index (κ2) is 12.1. The summed E-state index contributed by atoms with van der Waals surface area (Å²) in [5.74, 6) is 0.0545. The quantitative estimate of drug-likeness (QED) is 0.264. The summed E-state index contributed by atoms with van der Waals surface area (Å²) in [6.07, 6.45) is 3.10. The number of halogens is 2. The van der Waals surface area contributed by atoms with E-state index in [2.05, 4.69) is 0 Å². The summed E-state index contributed by atoms with van der Waals surface area (Å²) in [6, 6.07) is 19.4. The number of aryl methyl sites for hydroxylation is 1. The first kappa shape index (κ1) is 25.8. The minimum atomic E-state index is -0.350. The molecule has 0 bridgehead atoms. The Balaban J connectivity index is 1.47. The molecule has 186 valence electrons. The van der Waals surface area contributed by atoms with E-state index >= 15 is 0 Å². The number of carbonyl (C=O) groups is 2. The van der Waals surface area contributed by atoms with Gasteiger partial charge in [0, 0.05) is 6.54 Å². The van der Waals surface area contributed by atoms with Gasteiger partial charge in [-0.1, -0.05) is 54.1 Å². The largest absolute Gasteiger partial charge is 0.490 e. The van der Waals surface area contributed by atoms with Crippen molar-refractivity contribution in [3.05, 3.63) is 99.2 Å². The van der Waals surface area contributed by atoms with E-state index in [0.717, 1.165) is 23.7 Å². The summed E-state index contributed by atoms with van der Waals surface area (Å²) < 4.78 is 25.0. The maximum absolute atomic E-state index is 13.5. The topological polar surface area (TPSA) is 55.8 Å². The van der Waals surface area contributed by atoms with Crippen LogP contribution < -0.4 is 9.47 Å². The Hall–Kier alpha value is -3.29. The lowest BCUT2D eigenvalue weighted by Crippen LogP contribution is -2.29. The van der Waals surface area contributed by atoms with Crippen LogP contribution in [0.15, 0.2) is 71.6 Å². The van der Waals surface area contributed by atoms with Crippen molar-refractivity contribution < 1.29 is 23.5 Å². The van der Waals surface area contributed by atoms with Crippen molar-refractivity contribution in [3.8, 4) is 11.5 Å². The van der Waals surface area contributed by atoms with Crippen LogP contribution in [0.4, 0.5) is 9.18 Å². The number of amides is 2. The lowest BCUT2D eigenvalue weighted by molar-refractivity contribution is -0.122. The molecule has 5 nitrogen and oxygen atoms in total. The Morgan fingerprint density at radius 1 is 1.00 bits per heavy atom. The van der Waals surface area contributed by atoms with E-state index in [1.807, 2.05) is 37.3 Å². The number of ether oxygens (including phenoxy) is 2. The highest BCUT2D eigenvalue weighted by Crippen LogP contribution is 2.39. The molecule has 8 heteroatoms. The Morgan fingerprint density at radius 3 is 2.53 bits per heavy atom. The number of hydrogen-bond donors (Lipinski definition) is 0. The van der Waals surface area contributed by atoms with Crippen LogP contribution in [-0.4, -0.2) is 29.2 Å². The van der Waals surface area contributed by atoms with Crippen molar-refractivity contribution in [2.24, 2.45) is 0 Å². The first-order chi connectivity index (χ1) is 17.4. The predicted molar refractivity (Wildman–Crippen MR) is 141 cm³/mol. The molecule has 2 amide bonds. The molecule has 0 aliphatic carbocycles. The molecule has 3 aromatic rings. The number of hydrogen-bond acceptors (Lipinski definition) is 5. The number of benzene rings is 3. The van der Waals surface area contributed by atoms with Gasteiger partial charge in [-0.15, -0.1) is 0 Å². The summed E-state index contributed by atoms with van der Waals surface area (Å²) in [4.78, 5) is 27.0. The van der Waals surface area contributed by atoms with Crippen LogP contribution in [0, 0.1) is 5.82 Å². The fraction of sp³-hybridized carbons (Fsp3) is 0.214. The smallest absolute Gasteiger partial charge is 0.293 e. The molecule has 0 atom stereocenters. The number of nitrogens with zero attached hydrogens (tertiary/aromatic N) is 1. The van der Waals surface area contributed by atoms with Crippen molar-refractivity contribution in [2.45, 2.75) is 26.4 Å². The van der Waals surface area contributed by atoms with Crippen molar-refractivity contribution in [1.82, 2.24) is 4.90 Å². The number of thioether (sulfide) groups is 1. The third-order valence-corrected chi connectivity index (χ3v) is 6.65. The van der Waals surface area contributed by atoms with Gasteiger partial charge in [-0.25, -0.2) is 4.39 Å². The Labute approximate surface area is 218 Å². The van der Waals surface area contributed by atoms with Gasteiger partial charge in [-0.2, -0.15) is 0 Å². The second-order valence-electron chi connectivity index (χ2n) is 8.10. The van der Waals surface area contributed by atoms with Gasteiger partial charge < -0.3 is 9.47 Å². The predicted octanol–water partition coefficient (Wildman–Crippen LogP) is 7.13. The van der Waals surface area contributed by atoms with Gasteiger partial charge >= 0.3 is 0 Å². The van der Waals surface area contributed by atoms with Crippen LogP contribution in [0.3, 0.4) is 0 Å². The first-order valence-corrected chi connectivity index (χ1v) is 12.8. The van der Waals surface area contributed by atoms with Crippen LogP contribution in [0.2, 0.25) is 5.02 Å². The second-order valence-corrected chi connectivity index (χ2v) is 9.50. The summed E-state index contributed by atoms with van der Waals surface area (Å²) in [6.45, 7) is 2.67. The normalized spacial score (nSPS) is 14.5. The van der Waals surface area contributed by atoms with E-state index in [1.54, 1.807) is 30.3 Å². The van der Waals surface area contributed by atoms with Gasteiger partial charge in [0.05, 0.1) is 16.5 Å². The lowest BCUT2D eigenvalue weighted by atomic mass is 10.1. The highest BCUT2D eigenvalue weighted by atomic mass is 35.5. The standard InChI is InChI=1S/C28H25ClFNO4S/c1-2-34-24-16-21(15-23(29)26(24)35-18-20-10-6-12-22(30)14-20)17-25-27(32)31(28(33)36-25)13-7-11-19-8-4-3-5-9-19/h3-6,8-10,12,14-17H,2,7,11,13,18H2,1H3/b25-17+. The molecule has 1 heterocycles. The van der Waals surface area contributed by atoms with Gasteiger partial charge in [0.15, 0.2) is 11.5 Å². The van der Waals surface area contributed by atoms with Crippen LogP contribution in [0.5, 0.6) is 11.5 Å². The van der Waals surface area contributed by atoms with Crippen molar-refractivity contribution in [3.63, 3.8) is 0 Å². The van der Waals surface area contributed by atoms with E-state index in [1.165, 1.54) is 17.0 Å². The van der Waals surface area contributed by atoms with Gasteiger partial charge in [-0.3, -0.25) is 14.5 Å². The molecule has 1 aliphatic rings. The summed E-state index contributed by atoms with van der Waals surface area (Å²) in [5, 5.41) is -0.00354. The van der Waals surface area contributed by atoms with Gasteiger partial charge in [-0.05, 0) is 78.6 Å². The zero-order valence-corrected chi connectivity index (χ0v) is 21.3. The van der Waals surface area contributed by atoms with Gasteiger partial charge in [0.2, 0.25) is 0 Å². The lowest BCUT2D eigenvalue weighted by Gasteiger charge is -2.15. The van der Waals surface area contributed by atoms with Crippen LogP contribution in [-0.2, 0) is 17.8 Å². The van der Waals surface area contributed by atoms with Crippen molar-refractivity contribution >= 4 is 40.6 Å². The van der Waals surface area contributed by atoms with E-state index < -0.39 is 0 Å². The molecule has 1 fully saturated rings. The molecule has 0 aromatic heterocycles. The average Bonchev–Trinajstić information content (AvgIpc) is 3.12. The highest BCUT2D eigenvalue weighted by molar-refractivity contribution is 8.18. The molecule has 1 saturated heterocycles. The highest BCUT2D eigenvalue weighted by Gasteiger charge is 2.34. The molecular formula is C28H25ClFNO4S. The molecule has 0 spiro atoms. The maximum Gasteiger partial charge on any atom is 0.293 e.